The molecule has 5 nitrogen and oxygen atoms in total. The molecule has 0 aromatic heterocycles. The summed E-state index contributed by atoms with van der Waals surface area (Å²) in [6.07, 6.45) is 13.2. The number of carbonyl (C=O) groups is 1. The summed E-state index contributed by atoms with van der Waals surface area (Å²) in [5.74, 6) is -0.276. The molecule has 1 fully saturated rings. The molecule has 1 saturated heterocycles. The smallest absolute Gasteiger partial charge is 0.333 e. The summed E-state index contributed by atoms with van der Waals surface area (Å²) in [7, 11) is 9.35. The number of esters is 1. The third-order valence-corrected chi connectivity index (χ3v) is 7.68. The van der Waals surface area contributed by atoms with Gasteiger partial charge in [-0.3, -0.25) is 0 Å². The van der Waals surface area contributed by atoms with Gasteiger partial charge in [0.25, 0.3) is 0 Å². The second-order valence-electron chi connectivity index (χ2n) is 13.6. The number of ether oxygens (including phenoxy) is 1. The molecule has 1 heterocycles. The van der Waals surface area contributed by atoms with Crippen LogP contribution in [-0.2, 0) is 9.53 Å². The van der Waals surface area contributed by atoms with Crippen molar-refractivity contribution in [1.82, 2.24) is 5.32 Å². The van der Waals surface area contributed by atoms with Crippen LogP contribution in [0.15, 0.2) is 12.2 Å². The number of likely N-dealkylation sites (N-methyl/N-ethyl adjacent to an activating group) is 1. The van der Waals surface area contributed by atoms with E-state index in [9.17, 15) is 4.79 Å². The predicted molar refractivity (Wildman–Crippen MR) is 146 cm³/mol. The number of hydrogen-bond donors (Lipinski definition) is 1. The second kappa shape index (κ2) is 16.9. The van der Waals surface area contributed by atoms with Crippen molar-refractivity contribution in [2.24, 2.45) is 0 Å². The summed E-state index contributed by atoms with van der Waals surface area (Å²) in [5, 5.41) is 3.83. The number of piperidine rings is 1. The van der Waals surface area contributed by atoms with Crippen LogP contribution in [0.2, 0.25) is 0 Å². The molecule has 0 aliphatic carbocycles. The van der Waals surface area contributed by atoms with E-state index >= 15 is 0 Å². The summed E-state index contributed by atoms with van der Waals surface area (Å²) in [5.41, 5.74) is 0.934. The molecule has 0 atom stereocenters. The molecule has 36 heavy (non-hydrogen) atoms. The first-order chi connectivity index (χ1) is 15.6. The zero-order chi connectivity index (χ0) is 26.0. The van der Waals surface area contributed by atoms with Gasteiger partial charge >= 0.3 is 5.97 Å². The number of hydrogen-bond acceptors (Lipinski definition) is 3. The first kappa shape index (κ1) is 38.2. The van der Waals surface area contributed by atoms with E-state index in [0.717, 1.165) is 28.1 Å². The lowest BCUT2D eigenvalue weighted by Crippen LogP contribution is -3.00. The van der Waals surface area contributed by atoms with Crippen LogP contribution < -0.4 is 39.3 Å². The molecule has 0 spiro atoms. The van der Waals surface area contributed by atoms with Crippen LogP contribution in [-0.4, -0.2) is 86.5 Å². The maximum absolute atomic E-state index is 11.5. The van der Waals surface area contributed by atoms with Crippen LogP contribution in [0.5, 0.6) is 0 Å². The topological polar surface area (TPSA) is 38.3 Å². The van der Waals surface area contributed by atoms with Crippen molar-refractivity contribution >= 4 is 5.97 Å². The predicted octanol–water partition coefficient (Wildman–Crippen LogP) is -0.303. The van der Waals surface area contributed by atoms with E-state index in [1.807, 2.05) is 0 Å². The Kier molecular flexibility index (Phi) is 17.9. The van der Waals surface area contributed by atoms with Crippen molar-refractivity contribution in [3.63, 3.8) is 0 Å². The molecule has 0 radical (unpaired) electrons. The van der Waals surface area contributed by atoms with Gasteiger partial charge in [0.05, 0.1) is 47.3 Å². The molecule has 0 aromatic rings. The molecule has 7 heteroatoms. The molecule has 0 amide bonds. The molecule has 216 valence electrons. The minimum Gasteiger partial charge on any atom is -1.00 e. The van der Waals surface area contributed by atoms with Crippen molar-refractivity contribution in [1.29, 1.82) is 0 Å². The van der Waals surface area contributed by atoms with Crippen molar-refractivity contribution in [2.75, 3.05) is 54.4 Å². The lowest BCUT2D eigenvalue weighted by molar-refractivity contribution is -0.917. The maximum atomic E-state index is 11.5. The van der Waals surface area contributed by atoms with E-state index in [0.29, 0.717) is 12.2 Å². The van der Waals surface area contributed by atoms with Gasteiger partial charge < -0.3 is 53.0 Å². The summed E-state index contributed by atoms with van der Waals surface area (Å²) in [6, 6.07) is 0.743. The van der Waals surface area contributed by atoms with Crippen LogP contribution in [0, 0.1) is 0 Å². The number of nitrogens with one attached hydrogen (secondary N) is 1. The molecule has 1 aliphatic rings. The van der Waals surface area contributed by atoms with E-state index in [-0.39, 0.29) is 51.0 Å². The van der Waals surface area contributed by atoms with Crippen molar-refractivity contribution < 1.29 is 52.5 Å². The van der Waals surface area contributed by atoms with Crippen molar-refractivity contribution in [3.05, 3.63) is 12.2 Å². The van der Waals surface area contributed by atoms with Gasteiger partial charge in [0.2, 0.25) is 0 Å². The van der Waals surface area contributed by atoms with Crippen LogP contribution in [0.1, 0.15) is 98.8 Å². The summed E-state index contributed by atoms with van der Waals surface area (Å²) >= 11 is 0. The normalized spacial score (nSPS) is 17.6. The molecule has 1 N–H and O–H groups in total. The fourth-order valence-corrected chi connectivity index (χ4v) is 5.69. The summed E-state index contributed by atoms with van der Waals surface area (Å²) in [6.45, 7) is 18.5. The van der Waals surface area contributed by atoms with Crippen molar-refractivity contribution in [2.45, 2.75) is 116 Å². The van der Waals surface area contributed by atoms with Gasteiger partial charge in [-0.05, 0) is 60.3 Å². The van der Waals surface area contributed by atoms with Crippen molar-refractivity contribution in [3.8, 4) is 0 Å². The van der Waals surface area contributed by atoms with Crippen LogP contribution in [0.3, 0.4) is 0 Å². The third kappa shape index (κ3) is 16.1. The number of unbranched alkanes of at least 4 members (excludes halogenated alkanes) is 7. The minimum atomic E-state index is -0.276. The molecule has 1 rings (SSSR count). The van der Waals surface area contributed by atoms with E-state index in [1.54, 1.807) is 6.92 Å². The summed E-state index contributed by atoms with van der Waals surface area (Å²) in [4.78, 5) is 11.5. The van der Waals surface area contributed by atoms with Gasteiger partial charge in [-0.1, -0.05) is 32.3 Å². The number of rotatable bonds is 16. The Bertz CT molecular complexity index is 632. The fraction of sp³-hybridized carbons (Fsp3) is 0.897. The molecular formula is C29H59Br2N3O2. The largest absolute Gasteiger partial charge is 1.00 e. The Morgan fingerprint density at radius 2 is 1.22 bits per heavy atom. The number of nitrogens with zero attached hydrogens (tertiary/aromatic N) is 2. The van der Waals surface area contributed by atoms with Gasteiger partial charge in [0.15, 0.2) is 0 Å². The average Bonchev–Trinajstić information content (AvgIpc) is 2.66. The van der Waals surface area contributed by atoms with Gasteiger partial charge in [-0.25, -0.2) is 4.79 Å². The first-order valence-electron chi connectivity index (χ1n) is 13.8. The Morgan fingerprint density at radius 3 is 1.67 bits per heavy atom. The van der Waals surface area contributed by atoms with E-state index in [4.69, 9.17) is 4.74 Å². The highest BCUT2D eigenvalue weighted by Crippen LogP contribution is 2.33. The lowest BCUT2D eigenvalue weighted by atomic mass is 9.78. The first-order valence-corrected chi connectivity index (χ1v) is 13.8. The number of quaternary nitrogens is 2. The van der Waals surface area contributed by atoms with Gasteiger partial charge in [-0.15, -0.1) is 0 Å². The highest BCUT2D eigenvalue weighted by Gasteiger charge is 2.44. The van der Waals surface area contributed by atoms with Gasteiger partial charge in [0, 0.05) is 29.5 Å². The van der Waals surface area contributed by atoms with Gasteiger partial charge in [-0.2, -0.15) is 0 Å². The van der Waals surface area contributed by atoms with E-state index in [2.05, 4.69) is 67.8 Å². The van der Waals surface area contributed by atoms with Crippen LogP contribution in [0.25, 0.3) is 0 Å². The Hall–Kier alpha value is 0.0500. The molecule has 0 saturated carbocycles. The summed E-state index contributed by atoms with van der Waals surface area (Å²) < 4.78 is 7.31. The van der Waals surface area contributed by atoms with Crippen LogP contribution in [0.4, 0.5) is 0 Å². The molecule has 1 aliphatic heterocycles. The average molecular weight is 642 g/mol. The standard InChI is InChI=1S/C29H59N3O2.2BrH/c1-25(2)27(33)34-22-21-31(7,8)19-17-15-13-11-12-14-16-18-20-32(9,10)26-23-28(3,4)30-29(5,6)24-26;;/h26,30H,1,11-24H2,2-10H3;2*1H/q+2;;/p-2. The Morgan fingerprint density at radius 1 is 0.806 bits per heavy atom. The molecule has 0 bridgehead atoms. The lowest BCUT2D eigenvalue weighted by Gasteiger charge is -2.51. The molecule has 0 unspecified atom stereocenters. The Labute approximate surface area is 245 Å². The molecule has 0 aromatic carbocycles. The van der Waals surface area contributed by atoms with Gasteiger partial charge in [0.1, 0.15) is 13.2 Å². The third-order valence-electron chi connectivity index (χ3n) is 7.68. The highest BCUT2D eigenvalue weighted by atomic mass is 79.9. The quantitative estimate of drug-likeness (QED) is 0.109. The van der Waals surface area contributed by atoms with E-state index in [1.165, 1.54) is 70.8 Å². The SMILES string of the molecule is C=C(C)C(=O)OCC[N+](C)(C)CCCCCCCCCC[N+](C)(C)C1CC(C)(C)NC(C)(C)C1.[Br-].[Br-]. The number of carbonyl (C=O) groups excluding carboxylic acids is 1. The zero-order valence-electron chi connectivity index (χ0n) is 25.2. The van der Waals surface area contributed by atoms with Crippen LogP contribution >= 0.6 is 0 Å². The monoisotopic (exact) mass is 639 g/mol. The van der Waals surface area contributed by atoms with E-state index < -0.39 is 0 Å². The molecular weight excluding hydrogens is 582 g/mol. The minimum absolute atomic E-state index is 0. The fourth-order valence-electron chi connectivity index (χ4n) is 5.69. The Balaban J connectivity index is 0. The zero-order valence-corrected chi connectivity index (χ0v) is 28.3. The maximum Gasteiger partial charge on any atom is 0.333 e. The highest BCUT2D eigenvalue weighted by molar-refractivity contribution is 5.86. The second-order valence-corrected chi connectivity index (χ2v) is 13.6. The number of halogens is 2.